The van der Waals surface area contributed by atoms with Crippen LogP contribution in [0.3, 0.4) is 0 Å². The third kappa shape index (κ3) is 14.9. The molecule has 2 unspecified atom stereocenters. The van der Waals surface area contributed by atoms with E-state index in [9.17, 15) is 28.8 Å². The van der Waals surface area contributed by atoms with Crippen molar-refractivity contribution in [3.05, 3.63) is 0 Å². The number of ether oxygens (including phenoxy) is 6. The van der Waals surface area contributed by atoms with Crippen LogP contribution >= 0.6 is 11.6 Å². The molecule has 4 rings (SSSR count). The molecule has 1 N–H and O–H groups in total. The molecule has 0 aromatic carbocycles. The maximum atomic E-state index is 12.6. The average molecular weight is 751 g/mol. The highest BCUT2D eigenvalue weighted by Crippen LogP contribution is 2.19. The van der Waals surface area contributed by atoms with Crippen LogP contribution in [0.25, 0.3) is 0 Å². The maximum absolute atomic E-state index is 12.6. The molecule has 0 aliphatic carbocycles. The first-order chi connectivity index (χ1) is 23.9. The summed E-state index contributed by atoms with van der Waals surface area (Å²) in [6.45, 7) is 17.3. The summed E-state index contributed by atoms with van der Waals surface area (Å²) >= 11 is 5.19. The quantitative estimate of drug-likeness (QED) is 0.186. The Kier molecular flexibility index (Phi) is 17.5. The predicted octanol–water partition coefficient (Wildman–Crippen LogP) is 1.58. The molecular formula is C32H55ClN6O12. The van der Waals surface area contributed by atoms with Crippen molar-refractivity contribution in [2.24, 2.45) is 0 Å². The van der Waals surface area contributed by atoms with Gasteiger partial charge in [0.1, 0.15) is 17.2 Å². The van der Waals surface area contributed by atoms with Crippen molar-refractivity contribution in [2.75, 3.05) is 106 Å². The summed E-state index contributed by atoms with van der Waals surface area (Å²) in [5.41, 5.74) is -1.23. The van der Waals surface area contributed by atoms with Crippen LogP contribution in [0.15, 0.2) is 0 Å². The number of nitrogens with zero attached hydrogens (tertiary/aromatic N) is 5. The molecule has 51 heavy (non-hydrogen) atoms. The molecule has 0 spiro atoms. The van der Waals surface area contributed by atoms with E-state index in [0.29, 0.717) is 78.8 Å². The molecule has 2 atom stereocenters. The number of amides is 5. The van der Waals surface area contributed by atoms with Gasteiger partial charge in [-0.2, -0.15) is 0 Å². The summed E-state index contributed by atoms with van der Waals surface area (Å²) in [6, 6.07) is -1.64. The maximum Gasteiger partial charge on any atom is 0.411 e. The topological polar surface area (TPSA) is 186 Å². The SMILES string of the molecule is COC(=O)C1CN(C(=O)N2CCOCC2)CCN1C(=O)OC(C)(C)C.COC(=O)C1CNCCN1C(=O)OC(C)(C)C.O=C(Cl)N1CCOCC1. The monoisotopic (exact) mass is 750 g/mol. The van der Waals surface area contributed by atoms with Crippen LogP contribution in [-0.2, 0) is 38.0 Å². The average Bonchev–Trinajstić information content (AvgIpc) is 3.10. The Labute approximate surface area is 304 Å². The summed E-state index contributed by atoms with van der Waals surface area (Å²) in [6.07, 6.45) is -1.06. The third-order valence-corrected chi connectivity index (χ3v) is 7.88. The van der Waals surface area contributed by atoms with Gasteiger partial charge in [-0.3, -0.25) is 14.6 Å². The molecule has 0 radical (unpaired) electrons. The van der Waals surface area contributed by atoms with E-state index >= 15 is 0 Å². The lowest BCUT2D eigenvalue weighted by molar-refractivity contribution is -0.149. The van der Waals surface area contributed by atoms with Crippen molar-refractivity contribution in [1.29, 1.82) is 0 Å². The van der Waals surface area contributed by atoms with Gasteiger partial charge in [0.25, 0.3) is 0 Å². The fourth-order valence-corrected chi connectivity index (χ4v) is 5.29. The molecule has 0 aromatic heterocycles. The zero-order valence-corrected chi connectivity index (χ0v) is 31.8. The lowest BCUT2D eigenvalue weighted by Crippen LogP contribution is -2.62. The summed E-state index contributed by atoms with van der Waals surface area (Å²) in [7, 11) is 2.57. The van der Waals surface area contributed by atoms with Crippen molar-refractivity contribution in [1.82, 2.24) is 29.8 Å². The van der Waals surface area contributed by atoms with Gasteiger partial charge in [-0.25, -0.2) is 24.0 Å². The number of piperazine rings is 2. The van der Waals surface area contributed by atoms with Crippen LogP contribution in [0.1, 0.15) is 41.5 Å². The van der Waals surface area contributed by atoms with E-state index in [0.717, 1.165) is 0 Å². The second-order valence-corrected chi connectivity index (χ2v) is 14.1. The van der Waals surface area contributed by atoms with Gasteiger partial charge in [-0.15, -0.1) is 0 Å². The number of carbonyl (C=O) groups excluding carboxylic acids is 6. The van der Waals surface area contributed by atoms with Crippen LogP contribution in [-0.4, -0.2) is 189 Å². The lowest BCUT2D eigenvalue weighted by Gasteiger charge is -2.42. The van der Waals surface area contributed by atoms with Crippen molar-refractivity contribution in [3.63, 3.8) is 0 Å². The fourth-order valence-electron chi connectivity index (χ4n) is 5.12. The Morgan fingerprint density at radius 3 is 1.51 bits per heavy atom. The molecule has 0 bridgehead atoms. The lowest BCUT2D eigenvalue weighted by atomic mass is 10.1. The van der Waals surface area contributed by atoms with Crippen molar-refractivity contribution >= 4 is 47.1 Å². The number of hydrogen-bond donors (Lipinski definition) is 1. The molecule has 4 fully saturated rings. The van der Waals surface area contributed by atoms with E-state index in [2.05, 4.69) is 10.1 Å². The van der Waals surface area contributed by atoms with E-state index in [4.69, 9.17) is 35.3 Å². The van der Waals surface area contributed by atoms with Crippen LogP contribution in [0.2, 0.25) is 0 Å². The molecule has 292 valence electrons. The highest BCUT2D eigenvalue weighted by atomic mass is 35.5. The van der Waals surface area contributed by atoms with Gasteiger partial charge in [-0.1, -0.05) is 0 Å². The van der Waals surface area contributed by atoms with Crippen LogP contribution < -0.4 is 5.32 Å². The minimum Gasteiger partial charge on any atom is -0.467 e. The number of halogens is 1. The Bertz CT molecular complexity index is 1180. The van der Waals surface area contributed by atoms with Crippen LogP contribution in [0.5, 0.6) is 0 Å². The molecular weight excluding hydrogens is 696 g/mol. The van der Waals surface area contributed by atoms with E-state index in [1.54, 1.807) is 56.2 Å². The highest BCUT2D eigenvalue weighted by Gasteiger charge is 2.41. The second-order valence-electron chi connectivity index (χ2n) is 13.8. The molecule has 19 heteroatoms. The zero-order chi connectivity index (χ0) is 38.4. The third-order valence-electron chi connectivity index (χ3n) is 7.64. The van der Waals surface area contributed by atoms with E-state index in [1.807, 2.05) is 0 Å². The molecule has 5 amide bonds. The largest absolute Gasteiger partial charge is 0.467 e. The summed E-state index contributed by atoms with van der Waals surface area (Å²) < 4.78 is 30.4. The number of esters is 2. The van der Waals surface area contributed by atoms with Crippen molar-refractivity contribution < 1.29 is 57.2 Å². The normalized spacial score (nSPS) is 21.2. The van der Waals surface area contributed by atoms with Gasteiger partial charge in [0, 0.05) is 58.9 Å². The first kappa shape index (κ1) is 43.6. The van der Waals surface area contributed by atoms with Gasteiger partial charge in [0.2, 0.25) is 0 Å². The molecule has 18 nitrogen and oxygen atoms in total. The molecule has 0 aromatic rings. The Hall–Kier alpha value is -3.61. The summed E-state index contributed by atoms with van der Waals surface area (Å²) in [4.78, 5) is 78.6. The first-order valence-corrected chi connectivity index (χ1v) is 17.3. The molecule has 4 aliphatic rings. The molecule has 4 aliphatic heterocycles. The number of carbonyl (C=O) groups is 6. The van der Waals surface area contributed by atoms with E-state index < -0.39 is 47.4 Å². The summed E-state index contributed by atoms with van der Waals surface area (Å²) in [5.74, 6) is -0.992. The number of nitrogens with one attached hydrogen (secondary N) is 1. The van der Waals surface area contributed by atoms with Gasteiger partial charge < -0.3 is 48.4 Å². The number of methoxy groups -OCH3 is 2. The minimum atomic E-state index is -0.876. The van der Waals surface area contributed by atoms with Crippen molar-refractivity contribution in [3.8, 4) is 0 Å². The molecule has 4 heterocycles. The van der Waals surface area contributed by atoms with Crippen molar-refractivity contribution in [2.45, 2.75) is 64.8 Å². The van der Waals surface area contributed by atoms with E-state index in [-0.39, 0.29) is 24.5 Å². The highest BCUT2D eigenvalue weighted by molar-refractivity contribution is 6.62. The van der Waals surface area contributed by atoms with Gasteiger partial charge in [0.15, 0.2) is 6.04 Å². The summed E-state index contributed by atoms with van der Waals surface area (Å²) in [5, 5.41) is 2.67. The fraction of sp³-hybridized carbons (Fsp3) is 0.812. The predicted molar refractivity (Wildman–Crippen MR) is 183 cm³/mol. The smallest absolute Gasteiger partial charge is 0.411 e. The van der Waals surface area contributed by atoms with E-state index in [1.165, 1.54) is 24.0 Å². The number of morpholine rings is 2. The number of rotatable bonds is 2. The van der Waals surface area contributed by atoms with Gasteiger partial charge in [-0.05, 0) is 53.1 Å². The Morgan fingerprint density at radius 2 is 1.08 bits per heavy atom. The minimum absolute atomic E-state index is 0.0854. The molecule has 4 saturated heterocycles. The number of urea groups is 1. The Balaban J connectivity index is 0.000000297. The van der Waals surface area contributed by atoms with Crippen LogP contribution in [0, 0.1) is 0 Å². The van der Waals surface area contributed by atoms with Crippen LogP contribution in [0.4, 0.5) is 19.2 Å². The molecule has 0 saturated carbocycles. The van der Waals surface area contributed by atoms with Gasteiger partial charge >= 0.3 is 35.5 Å². The Morgan fingerprint density at radius 1 is 0.627 bits per heavy atom. The van der Waals surface area contributed by atoms with Gasteiger partial charge in [0.05, 0.1) is 47.2 Å². The second kappa shape index (κ2) is 20.4. The first-order valence-electron chi connectivity index (χ1n) is 16.9. The number of hydrogen-bond acceptors (Lipinski definition) is 13. The zero-order valence-electron chi connectivity index (χ0n) is 31.1. The standard InChI is InChI=1S/C16H27N3O6.C11H20N2O4.C5H8ClNO2/c1-16(2,3)25-15(22)19-6-5-18(11-12(19)13(20)23-4)14(21)17-7-9-24-10-8-17;1-11(2,3)17-10(15)13-6-5-12-7-8(13)9(14)16-4;6-5(8)7-1-3-9-4-2-7/h12H,5-11H2,1-4H3;8,12H,5-7H2,1-4H3;1-4H2.